The molecular formula is C19H15N3O3. The highest BCUT2D eigenvalue weighted by Gasteiger charge is 2.07. The van der Waals surface area contributed by atoms with E-state index in [1.807, 2.05) is 24.3 Å². The van der Waals surface area contributed by atoms with Crippen LogP contribution in [0.2, 0.25) is 0 Å². The molecule has 0 aliphatic heterocycles. The number of carboxylic acid groups (broad SMARTS) is 1. The van der Waals surface area contributed by atoms with Crippen molar-refractivity contribution >= 4 is 34.7 Å². The molecule has 2 N–H and O–H groups in total. The fourth-order valence-electron chi connectivity index (χ4n) is 2.28. The van der Waals surface area contributed by atoms with Crippen LogP contribution < -0.4 is 5.32 Å². The minimum absolute atomic E-state index is 0.116. The number of benzene rings is 2. The lowest BCUT2D eigenvalue weighted by Gasteiger charge is -2.07. The van der Waals surface area contributed by atoms with Gasteiger partial charge >= 0.3 is 5.97 Å². The van der Waals surface area contributed by atoms with Crippen LogP contribution in [0.3, 0.4) is 0 Å². The Balaban J connectivity index is 1.76. The number of carbonyl (C=O) groups excluding carboxylic acids is 1. The summed E-state index contributed by atoms with van der Waals surface area (Å²) in [5.41, 5.74) is 3.44. The highest BCUT2D eigenvalue weighted by Crippen LogP contribution is 2.17. The minimum atomic E-state index is -1.04. The normalized spacial score (nSPS) is 10.9. The monoisotopic (exact) mass is 333 g/mol. The average molecular weight is 333 g/mol. The second-order valence-corrected chi connectivity index (χ2v) is 5.44. The molecule has 0 aliphatic rings. The van der Waals surface area contributed by atoms with Crippen LogP contribution >= 0.6 is 0 Å². The quantitative estimate of drug-likeness (QED) is 0.715. The van der Waals surface area contributed by atoms with E-state index in [4.69, 9.17) is 5.11 Å². The number of carboxylic acids is 1. The van der Waals surface area contributed by atoms with Crippen molar-refractivity contribution in [2.75, 3.05) is 5.32 Å². The summed E-state index contributed by atoms with van der Waals surface area (Å²) in [5.74, 6) is -1.42. The van der Waals surface area contributed by atoms with Gasteiger partial charge in [0.2, 0.25) is 5.91 Å². The number of amides is 1. The Labute approximate surface area is 143 Å². The number of aromatic nitrogens is 2. The third-order valence-electron chi connectivity index (χ3n) is 3.62. The number of fused-ring (bicyclic) bond motifs is 1. The van der Waals surface area contributed by atoms with Crippen LogP contribution in [0.1, 0.15) is 21.6 Å². The molecule has 3 aromatic rings. The summed E-state index contributed by atoms with van der Waals surface area (Å²) in [5, 5.41) is 11.7. The number of hydrogen-bond acceptors (Lipinski definition) is 4. The van der Waals surface area contributed by atoms with Gasteiger partial charge in [0.05, 0.1) is 28.5 Å². The minimum Gasteiger partial charge on any atom is -0.478 e. The van der Waals surface area contributed by atoms with E-state index in [-0.39, 0.29) is 11.5 Å². The molecule has 0 bridgehead atoms. The molecule has 25 heavy (non-hydrogen) atoms. The molecule has 0 unspecified atom stereocenters. The van der Waals surface area contributed by atoms with Crippen LogP contribution in [0.4, 0.5) is 5.69 Å². The Bertz CT molecular complexity index is 996. The highest BCUT2D eigenvalue weighted by atomic mass is 16.4. The van der Waals surface area contributed by atoms with Gasteiger partial charge in [-0.2, -0.15) is 0 Å². The van der Waals surface area contributed by atoms with Crippen LogP contribution in [0.15, 0.2) is 54.7 Å². The van der Waals surface area contributed by atoms with Crippen molar-refractivity contribution < 1.29 is 14.7 Å². The topological polar surface area (TPSA) is 92.2 Å². The first kappa shape index (κ1) is 16.3. The molecule has 6 nitrogen and oxygen atoms in total. The Morgan fingerprint density at radius 3 is 2.64 bits per heavy atom. The molecule has 1 heterocycles. The Morgan fingerprint density at radius 2 is 1.88 bits per heavy atom. The molecule has 0 atom stereocenters. The number of nitrogens with one attached hydrogen (secondary N) is 1. The maximum Gasteiger partial charge on any atom is 0.335 e. The molecule has 1 amide bonds. The van der Waals surface area contributed by atoms with Crippen LogP contribution in [0.25, 0.3) is 17.1 Å². The highest BCUT2D eigenvalue weighted by molar-refractivity contribution is 6.03. The third kappa shape index (κ3) is 3.87. The van der Waals surface area contributed by atoms with Gasteiger partial charge in [-0.3, -0.25) is 9.78 Å². The summed E-state index contributed by atoms with van der Waals surface area (Å²) in [7, 11) is 0. The number of aryl methyl sites for hydroxylation is 1. The van der Waals surface area contributed by atoms with Gasteiger partial charge < -0.3 is 10.4 Å². The molecule has 3 rings (SSSR count). The van der Waals surface area contributed by atoms with Crippen LogP contribution in [0, 0.1) is 6.92 Å². The standard InChI is InChI=1S/C19H15N3O3/c1-12-6-7-13(19(24)25)10-17(12)22-18(23)9-8-14-11-20-15-4-2-3-5-16(15)21-14/h2-11H,1H3,(H,22,23)(H,24,25). The summed E-state index contributed by atoms with van der Waals surface area (Å²) in [4.78, 5) is 31.8. The number of anilines is 1. The first-order valence-electron chi connectivity index (χ1n) is 7.58. The number of nitrogens with zero attached hydrogens (tertiary/aromatic N) is 2. The maximum absolute atomic E-state index is 12.1. The van der Waals surface area contributed by atoms with Crippen molar-refractivity contribution in [2.24, 2.45) is 0 Å². The fraction of sp³-hybridized carbons (Fsp3) is 0.0526. The molecule has 0 radical (unpaired) electrons. The zero-order valence-electron chi connectivity index (χ0n) is 13.4. The van der Waals surface area contributed by atoms with Gasteiger partial charge in [0.25, 0.3) is 0 Å². The van der Waals surface area contributed by atoms with E-state index >= 15 is 0 Å². The van der Waals surface area contributed by atoms with Crippen molar-refractivity contribution in [2.45, 2.75) is 6.92 Å². The SMILES string of the molecule is Cc1ccc(C(=O)O)cc1NC(=O)C=Cc1cnc2ccccc2n1. The predicted molar refractivity (Wildman–Crippen MR) is 95.3 cm³/mol. The van der Waals surface area contributed by atoms with Gasteiger partial charge in [0, 0.05) is 11.8 Å². The van der Waals surface area contributed by atoms with Crippen molar-refractivity contribution in [3.8, 4) is 0 Å². The van der Waals surface area contributed by atoms with Crippen molar-refractivity contribution in [1.82, 2.24) is 9.97 Å². The largest absolute Gasteiger partial charge is 0.478 e. The van der Waals surface area contributed by atoms with Crippen molar-refractivity contribution in [3.63, 3.8) is 0 Å². The lowest BCUT2D eigenvalue weighted by molar-refractivity contribution is -0.111. The Hall–Kier alpha value is -3.54. The van der Waals surface area contributed by atoms with E-state index in [1.54, 1.807) is 25.3 Å². The number of hydrogen-bond donors (Lipinski definition) is 2. The van der Waals surface area contributed by atoms with Gasteiger partial charge in [0.15, 0.2) is 0 Å². The van der Waals surface area contributed by atoms with E-state index in [9.17, 15) is 9.59 Å². The first-order chi connectivity index (χ1) is 12.0. The smallest absolute Gasteiger partial charge is 0.335 e. The zero-order valence-corrected chi connectivity index (χ0v) is 13.4. The molecule has 0 aliphatic carbocycles. The van der Waals surface area contributed by atoms with E-state index < -0.39 is 5.97 Å². The van der Waals surface area contributed by atoms with E-state index in [2.05, 4.69) is 15.3 Å². The number of carbonyl (C=O) groups is 2. The third-order valence-corrected chi connectivity index (χ3v) is 3.62. The molecule has 0 saturated heterocycles. The number of rotatable bonds is 4. The summed E-state index contributed by atoms with van der Waals surface area (Å²) < 4.78 is 0. The summed E-state index contributed by atoms with van der Waals surface area (Å²) >= 11 is 0. The number of aromatic carboxylic acids is 1. The second-order valence-electron chi connectivity index (χ2n) is 5.44. The van der Waals surface area contributed by atoms with Gasteiger partial charge in [-0.1, -0.05) is 18.2 Å². The predicted octanol–water partition coefficient (Wildman–Crippen LogP) is 3.29. The molecule has 124 valence electrons. The molecule has 0 fully saturated rings. The van der Waals surface area contributed by atoms with Gasteiger partial charge in [-0.05, 0) is 42.8 Å². The van der Waals surface area contributed by atoms with E-state index in [1.165, 1.54) is 18.2 Å². The van der Waals surface area contributed by atoms with Gasteiger partial charge in [0.1, 0.15) is 0 Å². The first-order valence-corrected chi connectivity index (χ1v) is 7.58. The summed E-state index contributed by atoms with van der Waals surface area (Å²) in [6, 6.07) is 12.0. The summed E-state index contributed by atoms with van der Waals surface area (Å²) in [6.45, 7) is 1.79. The molecule has 0 saturated carbocycles. The second kappa shape index (κ2) is 6.92. The summed E-state index contributed by atoms with van der Waals surface area (Å²) in [6.07, 6.45) is 4.49. The van der Waals surface area contributed by atoms with Crippen molar-refractivity contribution in [3.05, 3.63) is 71.6 Å². The Kier molecular flexibility index (Phi) is 4.52. The fourth-order valence-corrected chi connectivity index (χ4v) is 2.28. The van der Waals surface area contributed by atoms with E-state index in [0.29, 0.717) is 11.4 Å². The average Bonchev–Trinajstić information content (AvgIpc) is 2.61. The van der Waals surface area contributed by atoms with Gasteiger partial charge in [-0.15, -0.1) is 0 Å². The molecule has 0 spiro atoms. The van der Waals surface area contributed by atoms with Crippen LogP contribution in [-0.2, 0) is 4.79 Å². The van der Waals surface area contributed by atoms with Crippen LogP contribution in [0.5, 0.6) is 0 Å². The lowest BCUT2D eigenvalue weighted by Crippen LogP contribution is -2.10. The van der Waals surface area contributed by atoms with Crippen molar-refractivity contribution in [1.29, 1.82) is 0 Å². The molecule has 1 aromatic heterocycles. The maximum atomic E-state index is 12.1. The van der Waals surface area contributed by atoms with E-state index in [0.717, 1.165) is 16.6 Å². The molecule has 6 heteroatoms. The number of para-hydroxylation sites is 2. The van der Waals surface area contributed by atoms with Crippen LogP contribution in [-0.4, -0.2) is 27.0 Å². The molecule has 2 aromatic carbocycles. The molecular weight excluding hydrogens is 318 g/mol. The lowest BCUT2D eigenvalue weighted by atomic mass is 10.1. The Morgan fingerprint density at radius 1 is 1.12 bits per heavy atom. The van der Waals surface area contributed by atoms with Gasteiger partial charge in [-0.25, -0.2) is 9.78 Å². The zero-order chi connectivity index (χ0) is 17.8.